The van der Waals surface area contributed by atoms with E-state index in [1.54, 1.807) is 13.8 Å². The summed E-state index contributed by atoms with van der Waals surface area (Å²) in [5, 5.41) is 4.17. The number of nitrogens with two attached hydrogens (primary N) is 1. The second-order valence-electron chi connectivity index (χ2n) is 8.94. The van der Waals surface area contributed by atoms with E-state index in [0.717, 1.165) is 16.5 Å². The Morgan fingerprint density at radius 1 is 1.11 bits per heavy atom. The van der Waals surface area contributed by atoms with E-state index >= 15 is 0 Å². The number of ketones is 1. The van der Waals surface area contributed by atoms with Gasteiger partial charge in [-0.3, -0.25) is 14.4 Å². The maximum atomic E-state index is 12.5. The normalized spacial score (nSPS) is 13.3. The number of nitrogens with one attached hydrogen (secondary N) is 2. The van der Waals surface area contributed by atoms with Crippen LogP contribution < -0.4 is 11.1 Å². The number of para-hydroxylation sites is 1. The van der Waals surface area contributed by atoms with E-state index in [1.807, 2.05) is 51.2 Å². The van der Waals surface area contributed by atoms with Gasteiger partial charge in [-0.1, -0.05) is 39.0 Å². The molecule has 0 spiro atoms. The van der Waals surface area contributed by atoms with Crippen LogP contribution in [0.2, 0.25) is 0 Å². The van der Waals surface area contributed by atoms with Crippen molar-refractivity contribution in [2.24, 2.45) is 16.6 Å². The molecule has 0 fully saturated rings. The number of benzene rings is 1. The maximum absolute atomic E-state index is 12.5. The smallest absolute Gasteiger partial charge is 0.230 e. The number of aromatic amines is 1. The molecule has 1 aromatic heterocycles. The monoisotopic (exact) mass is 385 g/mol. The summed E-state index contributed by atoms with van der Waals surface area (Å²) in [6, 6.07) is 7.75. The van der Waals surface area contributed by atoms with E-state index in [4.69, 9.17) is 5.73 Å². The van der Waals surface area contributed by atoms with Gasteiger partial charge in [-0.2, -0.15) is 0 Å². The highest BCUT2D eigenvalue weighted by Gasteiger charge is 2.34. The van der Waals surface area contributed by atoms with Crippen LogP contribution in [-0.2, 0) is 20.8 Å². The van der Waals surface area contributed by atoms with Gasteiger partial charge in [0.1, 0.15) is 11.2 Å². The van der Waals surface area contributed by atoms with Crippen LogP contribution >= 0.6 is 0 Å². The molecule has 1 aromatic carbocycles. The standard InChI is InChI=1S/C22H31N3O3/c1-21(2,3)20(28)25-15(10-11-18(26)22(4,5)19(23)27)12-14-13-24-17-9-7-6-8-16(14)17/h6-9,13,15,24H,10-12H2,1-5H3,(H2,23,27)(H,25,28)/t15-/m0/s1. The van der Waals surface area contributed by atoms with Crippen molar-refractivity contribution in [1.29, 1.82) is 0 Å². The van der Waals surface area contributed by atoms with Gasteiger partial charge in [0.05, 0.1) is 0 Å². The Morgan fingerprint density at radius 2 is 1.75 bits per heavy atom. The fourth-order valence-corrected chi connectivity index (χ4v) is 2.95. The minimum atomic E-state index is -1.21. The molecule has 0 aliphatic carbocycles. The molecule has 152 valence electrons. The average Bonchev–Trinajstić information content (AvgIpc) is 3.01. The van der Waals surface area contributed by atoms with Crippen molar-refractivity contribution in [1.82, 2.24) is 10.3 Å². The molecule has 0 unspecified atom stereocenters. The Balaban J connectivity index is 2.18. The minimum absolute atomic E-state index is 0.0704. The summed E-state index contributed by atoms with van der Waals surface area (Å²) in [5.74, 6) is -0.919. The van der Waals surface area contributed by atoms with Crippen molar-refractivity contribution in [2.45, 2.75) is 59.9 Å². The lowest BCUT2D eigenvalue weighted by atomic mass is 9.84. The molecule has 0 saturated carbocycles. The number of amides is 2. The van der Waals surface area contributed by atoms with Crippen molar-refractivity contribution < 1.29 is 14.4 Å². The van der Waals surface area contributed by atoms with Gasteiger partial charge in [0, 0.05) is 35.0 Å². The van der Waals surface area contributed by atoms with Crippen LogP contribution in [0, 0.1) is 10.8 Å². The second-order valence-corrected chi connectivity index (χ2v) is 8.94. The van der Waals surface area contributed by atoms with E-state index in [1.165, 1.54) is 0 Å². The van der Waals surface area contributed by atoms with Gasteiger partial charge in [-0.15, -0.1) is 0 Å². The number of rotatable bonds is 8. The van der Waals surface area contributed by atoms with E-state index in [9.17, 15) is 14.4 Å². The molecule has 0 aliphatic rings. The zero-order valence-corrected chi connectivity index (χ0v) is 17.4. The molecule has 2 amide bonds. The number of fused-ring (bicyclic) bond motifs is 1. The summed E-state index contributed by atoms with van der Waals surface area (Å²) >= 11 is 0. The Hall–Kier alpha value is -2.63. The fourth-order valence-electron chi connectivity index (χ4n) is 2.95. The molecule has 6 heteroatoms. The number of aromatic nitrogens is 1. The van der Waals surface area contributed by atoms with Crippen molar-refractivity contribution in [3.05, 3.63) is 36.0 Å². The highest BCUT2D eigenvalue weighted by molar-refractivity contribution is 6.04. The summed E-state index contributed by atoms with van der Waals surface area (Å²) in [7, 11) is 0. The first kappa shape index (κ1) is 21.7. The van der Waals surface area contributed by atoms with Gasteiger partial charge in [0.25, 0.3) is 0 Å². The van der Waals surface area contributed by atoms with Crippen LogP contribution in [0.5, 0.6) is 0 Å². The molecule has 0 saturated heterocycles. The van der Waals surface area contributed by atoms with Crippen molar-refractivity contribution in [3.63, 3.8) is 0 Å². The third-order valence-electron chi connectivity index (χ3n) is 5.19. The molecule has 1 heterocycles. The average molecular weight is 386 g/mol. The van der Waals surface area contributed by atoms with Gasteiger partial charge < -0.3 is 16.0 Å². The molecule has 1 atom stereocenters. The zero-order valence-electron chi connectivity index (χ0n) is 17.4. The number of carbonyl (C=O) groups is 3. The van der Waals surface area contributed by atoms with Gasteiger partial charge in [-0.05, 0) is 38.3 Å². The number of H-pyrrole nitrogens is 1. The summed E-state index contributed by atoms with van der Waals surface area (Å²) in [6.07, 6.45) is 3.15. The molecule has 0 bridgehead atoms. The highest BCUT2D eigenvalue weighted by Crippen LogP contribution is 2.23. The molecular weight excluding hydrogens is 354 g/mol. The number of primary amides is 1. The minimum Gasteiger partial charge on any atom is -0.369 e. The molecule has 28 heavy (non-hydrogen) atoms. The second kappa shape index (κ2) is 8.17. The van der Waals surface area contributed by atoms with Crippen LogP contribution in [0.15, 0.2) is 30.5 Å². The predicted molar refractivity (Wildman–Crippen MR) is 111 cm³/mol. The van der Waals surface area contributed by atoms with Crippen LogP contribution in [-0.4, -0.2) is 28.6 Å². The first-order chi connectivity index (χ1) is 12.9. The summed E-state index contributed by atoms with van der Waals surface area (Å²) in [6.45, 7) is 8.64. The lowest BCUT2D eigenvalue weighted by molar-refractivity contribution is -0.138. The third kappa shape index (κ3) is 5.00. The lowest BCUT2D eigenvalue weighted by Gasteiger charge is -2.25. The maximum Gasteiger partial charge on any atom is 0.230 e. The van der Waals surface area contributed by atoms with Crippen molar-refractivity contribution in [2.75, 3.05) is 0 Å². The van der Waals surface area contributed by atoms with Gasteiger partial charge >= 0.3 is 0 Å². The highest BCUT2D eigenvalue weighted by atomic mass is 16.2. The van der Waals surface area contributed by atoms with E-state index in [0.29, 0.717) is 12.8 Å². The van der Waals surface area contributed by atoms with Crippen molar-refractivity contribution >= 4 is 28.5 Å². The summed E-state index contributed by atoms with van der Waals surface area (Å²) < 4.78 is 0. The molecular formula is C22H31N3O3. The van der Waals surface area contributed by atoms with E-state index < -0.39 is 16.7 Å². The Bertz CT molecular complexity index is 875. The number of carbonyl (C=O) groups excluding carboxylic acids is 3. The number of Topliss-reactive ketones (excluding diaryl/α,β-unsaturated/α-hetero) is 1. The van der Waals surface area contributed by atoms with Gasteiger partial charge in [0.2, 0.25) is 11.8 Å². The van der Waals surface area contributed by atoms with Gasteiger partial charge in [-0.25, -0.2) is 0 Å². The summed E-state index contributed by atoms with van der Waals surface area (Å²) in [4.78, 5) is 39.8. The first-order valence-corrected chi connectivity index (χ1v) is 9.62. The lowest BCUT2D eigenvalue weighted by Crippen LogP contribution is -2.44. The Morgan fingerprint density at radius 3 is 2.36 bits per heavy atom. The zero-order chi connectivity index (χ0) is 21.1. The van der Waals surface area contributed by atoms with Crippen LogP contribution in [0.1, 0.15) is 53.0 Å². The first-order valence-electron chi connectivity index (χ1n) is 9.62. The van der Waals surface area contributed by atoms with Crippen LogP contribution in [0.3, 0.4) is 0 Å². The van der Waals surface area contributed by atoms with E-state index in [2.05, 4.69) is 10.3 Å². The Kier molecular flexibility index (Phi) is 6.32. The summed E-state index contributed by atoms with van der Waals surface area (Å²) in [5.41, 5.74) is 5.72. The number of hydrogen-bond donors (Lipinski definition) is 3. The quantitative estimate of drug-likeness (QED) is 0.608. The molecule has 2 aromatic rings. The molecule has 0 radical (unpaired) electrons. The molecule has 0 aliphatic heterocycles. The third-order valence-corrected chi connectivity index (χ3v) is 5.19. The van der Waals surface area contributed by atoms with Crippen molar-refractivity contribution in [3.8, 4) is 0 Å². The van der Waals surface area contributed by atoms with Crippen LogP contribution in [0.4, 0.5) is 0 Å². The van der Waals surface area contributed by atoms with Crippen LogP contribution in [0.25, 0.3) is 10.9 Å². The SMILES string of the molecule is CC(C)(C)C(=O)N[C@@H](CCC(=O)C(C)(C)C(N)=O)Cc1c[nH]c2ccccc12. The van der Waals surface area contributed by atoms with Gasteiger partial charge in [0.15, 0.2) is 0 Å². The molecule has 4 N–H and O–H groups in total. The fraction of sp³-hybridized carbons (Fsp3) is 0.500. The molecule has 2 rings (SSSR count). The van der Waals surface area contributed by atoms with E-state index in [-0.39, 0.29) is 24.2 Å². The molecule has 6 nitrogen and oxygen atoms in total. The largest absolute Gasteiger partial charge is 0.369 e. The topological polar surface area (TPSA) is 105 Å². The number of hydrogen-bond acceptors (Lipinski definition) is 3. The Labute approximate surface area is 166 Å². The predicted octanol–water partition coefficient (Wildman–Crippen LogP) is 3.10.